The maximum Gasteiger partial charge on any atom is 0.472 e. The molecule has 0 spiro atoms. The van der Waals surface area contributed by atoms with Crippen molar-refractivity contribution >= 4 is 39.5 Å². The Bertz CT molecular complexity index is 1800. The van der Waals surface area contributed by atoms with Gasteiger partial charge in [-0.3, -0.25) is 37.3 Å². The number of esters is 4. The lowest BCUT2D eigenvalue weighted by atomic mass is 10.0. The second kappa shape index (κ2) is 61.6. The van der Waals surface area contributed by atoms with Crippen molar-refractivity contribution in [1.82, 2.24) is 0 Å². The van der Waals surface area contributed by atoms with Crippen molar-refractivity contribution in [3.8, 4) is 0 Å². The van der Waals surface area contributed by atoms with Crippen LogP contribution in [-0.2, 0) is 65.4 Å². The summed E-state index contributed by atoms with van der Waals surface area (Å²) in [5.41, 5.74) is 0. The normalized spacial score (nSPS) is 14.2. The Morgan fingerprint density at radius 1 is 0.275 bits per heavy atom. The predicted octanol–water partition coefficient (Wildman–Crippen LogP) is 20.5. The topological polar surface area (TPSA) is 237 Å². The fourth-order valence-electron chi connectivity index (χ4n) is 10.8. The van der Waals surface area contributed by atoms with Crippen molar-refractivity contribution in [2.24, 2.45) is 23.7 Å². The van der Waals surface area contributed by atoms with Crippen LogP contribution >= 0.6 is 15.6 Å². The fourth-order valence-corrected chi connectivity index (χ4v) is 12.4. The molecule has 0 rings (SSSR count). The number of aliphatic hydroxyl groups is 1. The van der Waals surface area contributed by atoms with Crippen LogP contribution in [0.15, 0.2) is 0 Å². The molecule has 3 N–H and O–H groups in total. The van der Waals surface area contributed by atoms with E-state index in [2.05, 4.69) is 55.4 Å². The van der Waals surface area contributed by atoms with Gasteiger partial charge < -0.3 is 33.8 Å². The van der Waals surface area contributed by atoms with Crippen molar-refractivity contribution < 1.29 is 80.2 Å². The first-order valence-electron chi connectivity index (χ1n) is 37.2. The van der Waals surface area contributed by atoms with E-state index in [0.717, 1.165) is 108 Å². The molecule has 0 fully saturated rings. The van der Waals surface area contributed by atoms with E-state index in [1.807, 2.05) is 0 Å². The monoisotopic (exact) mass is 1340 g/mol. The molecule has 0 bridgehead atoms. The number of hydrogen-bond donors (Lipinski definition) is 3. The van der Waals surface area contributed by atoms with E-state index in [4.69, 9.17) is 37.0 Å². The molecule has 0 aliphatic rings. The zero-order valence-corrected chi connectivity index (χ0v) is 61.3. The second-order valence-corrected chi connectivity index (χ2v) is 30.8. The maximum absolute atomic E-state index is 13.0. The molecule has 0 amide bonds. The Labute approximate surface area is 556 Å². The van der Waals surface area contributed by atoms with Crippen molar-refractivity contribution in [2.75, 3.05) is 39.6 Å². The van der Waals surface area contributed by atoms with Crippen LogP contribution in [0, 0.1) is 23.7 Å². The summed E-state index contributed by atoms with van der Waals surface area (Å²) < 4.78 is 68.3. The molecule has 0 aliphatic carbocycles. The van der Waals surface area contributed by atoms with Crippen LogP contribution < -0.4 is 0 Å². The van der Waals surface area contributed by atoms with Gasteiger partial charge in [-0.1, -0.05) is 306 Å². The van der Waals surface area contributed by atoms with E-state index in [1.54, 1.807) is 0 Å². The summed E-state index contributed by atoms with van der Waals surface area (Å²) in [7, 11) is -9.91. The van der Waals surface area contributed by atoms with Crippen LogP contribution in [0.1, 0.15) is 357 Å². The molecule has 19 heteroatoms. The Hall–Kier alpha value is -1.94. The fraction of sp³-hybridized carbons (Fsp3) is 0.944. The molecule has 0 heterocycles. The zero-order chi connectivity index (χ0) is 67.5. The molecule has 0 aromatic heterocycles. The van der Waals surface area contributed by atoms with E-state index in [1.165, 1.54) is 161 Å². The van der Waals surface area contributed by atoms with Gasteiger partial charge in [0.2, 0.25) is 0 Å². The molecule has 0 saturated heterocycles. The molecule has 0 aliphatic heterocycles. The van der Waals surface area contributed by atoms with E-state index in [9.17, 15) is 43.2 Å². The van der Waals surface area contributed by atoms with E-state index in [0.29, 0.717) is 31.6 Å². The SMILES string of the molecule is CC(C)CCCCCCCCCCCCCCCCC(=O)O[C@H](COC(=O)CCCCCCCCCCCCC(C)C)COP(=O)(O)OCC(O)COP(=O)(O)OC[C@@H](COC(=O)CCCCCCCCCCC(C)C)OC(=O)CCCCCCCCCC(C)C. The molecule has 540 valence electrons. The summed E-state index contributed by atoms with van der Waals surface area (Å²) in [4.78, 5) is 72.6. The number of rotatable bonds is 69. The van der Waals surface area contributed by atoms with Crippen molar-refractivity contribution in [3.05, 3.63) is 0 Å². The number of unbranched alkanes of at least 4 members (excludes halogenated alkanes) is 35. The van der Waals surface area contributed by atoms with Crippen LogP contribution in [-0.4, -0.2) is 96.7 Å². The highest BCUT2D eigenvalue weighted by atomic mass is 31.2. The van der Waals surface area contributed by atoms with E-state index in [-0.39, 0.29) is 25.7 Å². The van der Waals surface area contributed by atoms with E-state index >= 15 is 0 Å². The van der Waals surface area contributed by atoms with Crippen molar-refractivity contribution in [3.63, 3.8) is 0 Å². The second-order valence-electron chi connectivity index (χ2n) is 27.9. The lowest BCUT2D eigenvalue weighted by Gasteiger charge is -2.21. The first-order chi connectivity index (χ1) is 43.6. The largest absolute Gasteiger partial charge is 0.472 e. The summed E-state index contributed by atoms with van der Waals surface area (Å²) in [6, 6.07) is 0. The maximum atomic E-state index is 13.0. The minimum Gasteiger partial charge on any atom is -0.462 e. The molecule has 0 saturated carbocycles. The molecule has 0 radical (unpaired) electrons. The van der Waals surface area contributed by atoms with Crippen LogP contribution in [0.3, 0.4) is 0 Å². The van der Waals surface area contributed by atoms with Gasteiger partial charge in [0.25, 0.3) is 0 Å². The first kappa shape index (κ1) is 89.1. The summed E-state index contributed by atoms with van der Waals surface area (Å²) >= 11 is 0. The third-order valence-corrected chi connectivity index (χ3v) is 18.5. The predicted molar refractivity (Wildman–Crippen MR) is 367 cm³/mol. The highest BCUT2D eigenvalue weighted by Crippen LogP contribution is 2.45. The number of aliphatic hydroxyl groups excluding tert-OH is 1. The molecular weight excluding hydrogens is 1200 g/mol. The standard InChI is InChI=1S/C72H140O17P2/c1-62(2)48-40-32-24-17-13-11-9-10-12-14-20-30-38-46-54-71(76)88-67(58-82-69(74)52-44-36-28-19-16-15-18-25-33-41-49-63(3)4)60-86-90(78,79)84-56-66(73)57-85-91(80,81)87-61-68(89-72(77)55-47-39-31-23-27-35-43-51-65(7)8)59-83-70(75)53-45-37-29-22-21-26-34-42-50-64(5)6/h62-68,73H,9-61H2,1-8H3,(H,78,79)(H,80,81)/t66?,67-,68-/m1/s1. The van der Waals surface area contributed by atoms with Crippen molar-refractivity contribution in [2.45, 2.75) is 375 Å². The number of phosphoric ester groups is 2. The van der Waals surface area contributed by atoms with Crippen molar-refractivity contribution in [1.29, 1.82) is 0 Å². The molecule has 91 heavy (non-hydrogen) atoms. The Morgan fingerprint density at radius 2 is 0.462 bits per heavy atom. The summed E-state index contributed by atoms with van der Waals surface area (Å²) in [5.74, 6) is 0.847. The highest BCUT2D eigenvalue weighted by molar-refractivity contribution is 7.47. The molecule has 17 nitrogen and oxygen atoms in total. The van der Waals surface area contributed by atoms with Crippen LogP contribution in [0.5, 0.6) is 0 Å². The van der Waals surface area contributed by atoms with E-state index < -0.39 is 97.5 Å². The van der Waals surface area contributed by atoms with Gasteiger partial charge in [0.1, 0.15) is 19.3 Å². The number of carbonyl (C=O) groups excluding carboxylic acids is 4. The van der Waals surface area contributed by atoms with Gasteiger partial charge in [-0.25, -0.2) is 9.13 Å². The highest BCUT2D eigenvalue weighted by Gasteiger charge is 2.30. The quantitative estimate of drug-likeness (QED) is 0.0222. The Balaban J connectivity index is 5.24. The van der Waals surface area contributed by atoms with Gasteiger partial charge in [-0.15, -0.1) is 0 Å². The number of hydrogen-bond acceptors (Lipinski definition) is 15. The smallest absolute Gasteiger partial charge is 0.462 e. The van der Waals surface area contributed by atoms with Crippen LogP contribution in [0.4, 0.5) is 0 Å². The van der Waals surface area contributed by atoms with Gasteiger partial charge in [-0.05, 0) is 49.4 Å². The average Bonchev–Trinajstić information content (AvgIpc) is 3.16. The van der Waals surface area contributed by atoms with Gasteiger partial charge in [0.15, 0.2) is 12.2 Å². The van der Waals surface area contributed by atoms with Crippen LogP contribution in [0.2, 0.25) is 0 Å². The van der Waals surface area contributed by atoms with Gasteiger partial charge in [0, 0.05) is 25.7 Å². The Morgan fingerprint density at radius 3 is 0.681 bits per heavy atom. The molecule has 5 atom stereocenters. The summed E-state index contributed by atoms with van der Waals surface area (Å²) in [6.45, 7) is 14.1. The summed E-state index contributed by atoms with van der Waals surface area (Å²) in [5, 5.41) is 10.6. The average molecular weight is 1340 g/mol. The minimum absolute atomic E-state index is 0.102. The lowest BCUT2D eigenvalue weighted by molar-refractivity contribution is -0.161. The third kappa shape index (κ3) is 66.5. The number of phosphoric acid groups is 2. The first-order valence-corrected chi connectivity index (χ1v) is 40.2. The molecule has 3 unspecified atom stereocenters. The number of carbonyl (C=O) groups is 4. The third-order valence-electron chi connectivity index (χ3n) is 16.6. The molecule has 0 aromatic rings. The van der Waals surface area contributed by atoms with Gasteiger partial charge in [0.05, 0.1) is 26.4 Å². The zero-order valence-electron chi connectivity index (χ0n) is 59.5. The molecular formula is C72H140O17P2. The summed E-state index contributed by atoms with van der Waals surface area (Å²) in [6.07, 6.45) is 44.6. The lowest BCUT2D eigenvalue weighted by Crippen LogP contribution is -2.30. The number of ether oxygens (including phenoxy) is 4. The van der Waals surface area contributed by atoms with Gasteiger partial charge >= 0.3 is 39.5 Å². The van der Waals surface area contributed by atoms with Gasteiger partial charge in [-0.2, -0.15) is 0 Å². The van der Waals surface area contributed by atoms with Crippen LogP contribution in [0.25, 0.3) is 0 Å². The molecule has 0 aromatic carbocycles. The minimum atomic E-state index is -4.95. The Kier molecular flexibility index (Phi) is 60.3.